The molecule has 1 amide bonds. The van der Waals surface area contributed by atoms with Crippen molar-refractivity contribution < 1.29 is 13.6 Å². The first-order chi connectivity index (χ1) is 14.0. The molecule has 1 aliphatic rings. The van der Waals surface area contributed by atoms with E-state index in [2.05, 4.69) is 10.00 Å². The third-order valence-corrected chi connectivity index (χ3v) is 5.30. The maximum Gasteiger partial charge on any atom is 0.256 e. The maximum atomic E-state index is 14.0. The van der Waals surface area contributed by atoms with Gasteiger partial charge in [-0.15, -0.1) is 0 Å². The summed E-state index contributed by atoms with van der Waals surface area (Å²) in [4.78, 5) is 16.4. The summed E-state index contributed by atoms with van der Waals surface area (Å²) in [5.41, 5.74) is 3.94. The predicted octanol–water partition coefficient (Wildman–Crippen LogP) is 3.73. The van der Waals surface area contributed by atoms with Gasteiger partial charge in [0.25, 0.3) is 5.91 Å². The number of aromatic nitrogens is 2. The smallest absolute Gasteiger partial charge is 0.256 e. The number of carbonyl (C=O) groups excluding carboxylic acids is 1. The molecule has 2 heterocycles. The molecule has 1 fully saturated rings. The van der Waals surface area contributed by atoms with Gasteiger partial charge in [0, 0.05) is 32.2 Å². The number of nitrogens with zero attached hydrogens (tertiary/aromatic N) is 4. The number of aryl methyl sites for hydroxylation is 1. The van der Waals surface area contributed by atoms with Crippen LogP contribution >= 0.6 is 0 Å². The lowest BCUT2D eigenvalue weighted by atomic mass is 10.1. The zero-order valence-electron chi connectivity index (χ0n) is 16.4. The van der Waals surface area contributed by atoms with Crippen molar-refractivity contribution >= 4 is 11.6 Å². The lowest BCUT2D eigenvalue weighted by Gasteiger charge is -2.36. The van der Waals surface area contributed by atoms with Crippen LogP contribution in [-0.4, -0.2) is 46.8 Å². The van der Waals surface area contributed by atoms with E-state index in [1.165, 1.54) is 6.07 Å². The summed E-state index contributed by atoms with van der Waals surface area (Å²) in [5.74, 6) is -1.92. The van der Waals surface area contributed by atoms with Crippen LogP contribution in [0.25, 0.3) is 5.69 Å². The van der Waals surface area contributed by atoms with Crippen LogP contribution in [0.5, 0.6) is 0 Å². The van der Waals surface area contributed by atoms with Gasteiger partial charge in [0.05, 0.1) is 28.3 Å². The number of hydrogen-bond donors (Lipinski definition) is 0. The van der Waals surface area contributed by atoms with Crippen molar-refractivity contribution in [3.63, 3.8) is 0 Å². The summed E-state index contributed by atoms with van der Waals surface area (Å²) >= 11 is 0. The van der Waals surface area contributed by atoms with Crippen molar-refractivity contribution in [3.8, 4) is 5.69 Å². The number of hydrogen-bond acceptors (Lipinski definition) is 3. The molecular formula is C22H22F2N4O. The highest BCUT2D eigenvalue weighted by molar-refractivity contribution is 5.94. The van der Waals surface area contributed by atoms with E-state index >= 15 is 0 Å². The number of amides is 1. The van der Waals surface area contributed by atoms with Crippen LogP contribution in [0.3, 0.4) is 0 Å². The summed E-state index contributed by atoms with van der Waals surface area (Å²) in [6, 6.07) is 13.0. The van der Waals surface area contributed by atoms with Crippen LogP contribution < -0.4 is 4.90 Å². The number of halogens is 2. The van der Waals surface area contributed by atoms with Crippen LogP contribution in [0.4, 0.5) is 14.5 Å². The molecule has 3 aromatic rings. The Bertz CT molecular complexity index is 1040. The lowest BCUT2D eigenvalue weighted by molar-refractivity contribution is 0.0742. The van der Waals surface area contributed by atoms with Crippen LogP contribution in [0.2, 0.25) is 0 Å². The molecule has 1 aromatic heterocycles. The second-order valence-corrected chi connectivity index (χ2v) is 7.17. The molecule has 150 valence electrons. The molecule has 0 unspecified atom stereocenters. The van der Waals surface area contributed by atoms with Crippen LogP contribution in [0, 0.1) is 25.5 Å². The quantitative estimate of drug-likeness (QED) is 0.678. The number of para-hydroxylation sites is 1. The van der Waals surface area contributed by atoms with Crippen molar-refractivity contribution in [1.29, 1.82) is 0 Å². The molecule has 7 heteroatoms. The van der Waals surface area contributed by atoms with Gasteiger partial charge in [0.1, 0.15) is 11.6 Å². The zero-order valence-corrected chi connectivity index (χ0v) is 16.4. The number of rotatable bonds is 3. The fourth-order valence-electron chi connectivity index (χ4n) is 3.88. The highest BCUT2D eigenvalue weighted by Gasteiger charge is 2.27. The molecule has 0 atom stereocenters. The van der Waals surface area contributed by atoms with Crippen LogP contribution in [0.15, 0.2) is 48.5 Å². The molecule has 0 bridgehead atoms. The Morgan fingerprint density at radius 2 is 1.66 bits per heavy atom. The normalized spacial score (nSPS) is 14.3. The number of benzene rings is 2. The molecule has 0 radical (unpaired) electrons. The highest BCUT2D eigenvalue weighted by Crippen LogP contribution is 2.28. The van der Waals surface area contributed by atoms with E-state index in [1.807, 2.05) is 48.9 Å². The van der Waals surface area contributed by atoms with Crippen LogP contribution in [0.1, 0.15) is 21.7 Å². The monoisotopic (exact) mass is 396 g/mol. The van der Waals surface area contributed by atoms with E-state index in [0.717, 1.165) is 34.9 Å². The molecule has 1 aliphatic heterocycles. The van der Waals surface area contributed by atoms with E-state index in [4.69, 9.17) is 0 Å². The average molecular weight is 396 g/mol. The van der Waals surface area contributed by atoms with Gasteiger partial charge in [0.15, 0.2) is 0 Å². The van der Waals surface area contributed by atoms with Crippen molar-refractivity contribution in [2.45, 2.75) is 13.8 Å². The summed E-state index contributed by atoms with van der Waals surface area (Å²) in [5, 5.41) is 4.69. The fraction of sp³-hybridized carbons (Fsp3) is 0.273. The minimum absolute atomic E-state index is 0.0934. The van der Waals surface area contributed by atoms with E-state index in [0.29, 0.717) is 26.2 Å². The van der Waals surface area contributed by atoms with Gasteiger partial charge in [-0.2, -0.15) is 5.10 Å². The summed E-state index contributed by atoms with van der Waals surface area (Å²) in [7, 11) is 0. The van der Waals surface area contributed by atoms with Crippen molar-refractivity contribution in [1.82, 2.24) is 14.7 Å². The first kappa shape index (κ1) is 19.1. The Balaban J connectivity index is 1.50. The first-order valence-corrected chi connectivity index (χ1v) is 9.56. The molecule has 5 nitrogen and oxygen atoms in total. The van der Waals surface area contributed by atoms with E-state index in [9.17, 15) is 13.6 Å². The molecule has 0 saturated carbocycles. The molecule has 4 rings (SSSR count). The number of anilines is 1. The van der Waals surface area contributed by atoms with Gasteiger partial charge in [-0.3, -0.25) is 4.79 Å². The summed E-state index contributed by atoms with van der Waals surface area (Å²) < 4.78 is 29.0. The van der Waals surface area contributed by atoms with Gasteiger partial charge in [-0.05, 0) is 38.1 Å². The predicted molar refractivity (Wildman–Crippen MR) is 108 cm³/mol. The molecular weight excluding hydrogens is 374 g/mol. The van der Waals surface area contributed by atoms with E-state index < -0.39 is 17.5 Å². The van der Waals surface area contributed by atoms with Gasteiger partial charge >= 0.3 is 0 Å². The fourth-order valence-corrected chi connectivity index (χ4v) is 3.88. The minimum atomic E-state index is -0.826. The highest BCUT2D eigenvalue weighted by atomic mass is 19.1. The average Bonchev–Trinajstić information content (AvgIpc) is 3.02. The topological polar surface area (TPSA) is 41.4 Å². The Morgan fingerprint density at radius 1 is 0.966 bits per heavy atom. The first-order valence-electron chi connectivity index (χ1n) is 9.56. The molecule has 0 aliphatic carbocycles. The number of piperazine rings is 1. The third kappa shape index (κ3) is 3.60. The maximum absolute atomic E-state index is 14.0. The van der Waals surface area contributed by atoms with Gasteiger partial charge < -0.3 is 9.80 Å². The molecule has 1 saturated heterocycles. The van der Waals surface area contributed by atoms with Crippen molar-refractivity contribution in [3.05, 3.63) is 77.1 Å². The van der Waals surface area contributed by atoms with E-state index in [-0.39, 0.29) is 5.56 Å². The molecule has 29 heavy (non-hydrogen) atoms. The second kappa shape index (κ2) is 7.66. The largest absolute Gasteiger partial charge is 0.365 e. The minimum Gasteiger partial charge on any atom is -0.365 e. The second-order valence-electron chi connectivity index (χ2n) is 7.17. The Kier molecular flexibility index (Phi) is 5.05. The Labute approximate surface area is 168 Å². The summed E-state index contributed by atoms with van der Waals surface area (Å²) in [6.45, 7) is 6.18. The van der Waals surface area contributed by atoms with E-state index in [1.54, 1.807) is 4.90 Å². The number of carbonyl (C=O) groups is 1. The van der Waals surface area contributed by atoms with Crippen molar-refractivity contribution in [2.75, 3.05) is 31.1 Å². The molecule has 0 N–H and O–H groups in total. The Morgan fingerprint density at radius 3 is 2.31 bits per heavy atom. The molecule has 2 aromatic carbocycles. The van der Waals surface area contributed by atoms with Crippen LogP contribution in [-0.2, 0) is 0 Å². The summed E-state index contributed by atoms with van der Waals surface area (Å²) in [6.07, 6.45) is 0. The third-order valence-electron chi connectivity index (χ3n) is 5.30. The van der Waals surface area contributed by atoms with Gasteiger partial charge in [-0.25, -0.2) is 13.5 Å². The molecule has 0 spiro atoms. The van der Waals surface area contributed by atoms with Crippen molar-refractivity contribution in [2.24, 2.45) is 0 Å². The zero-order chi connectivity index (χ0) is 20.5. The standard InChI is InChI=1S/C22H22F2N4O/c1-15-21(16(2)28(25-15)18-6-4-3-5-7-18)26-10-12-27(13-11-26)22(29)19-9-8-17(23)14-20(19)24/h3-9,14H,10-13H2,1-2H3. The lowest BCUT2D eigenvalue weighted by Crippen LogP contribution is -2.49. The Hall–Kier alpha value is -3.22. The van der Waals surface area contributed by atoms with Gasteiger partial charge in [0.2, 0.25) is 0 Å². The SMILES string of the molecule is Cc1nn(-c2ccccc2)c(C)c1N1CCN(C(=O)c2ccc(F)cc2F)CC1. The van der Waals surface area contributed by atoms with Gasteiger partial charge in [-0.1, -0.05) is 18.2 Å².